The number of ether oxygens (including phenoxy) is 1. The Bertz CT molecular complexity index is 931. The average molecular weight is 348 g/mol. The summed E-state index contributed by atoms with van der Waals surface area (Å²) < 4.78 is 7.34. The third-order valence-electron chi connectivity index (χ3n) is 4.62. The Morgan fingerprint density at radius 3 is 2.77 bits per heavy atom. The first-order chi connectivity index (χ1) is 12.7. The molecule has 0 saturated heterocycles. The lowest BCUT2D eigenvalue weighted by atomic mass is 10.0. The zero-order valence-electron chi connectivity index (χ0n) is 14.6. The summed E-state index contributed by atoms with van der Waals surface area (Å²) in [6.45, 7) is 1.28. The van der Waals surface area contributed by atoms with Gasteiger partial charge in [0, 0.05) is 32.0 Å². The van der Waals surface area contributed by atoms with Crippen molar-refractivity contribution in [3.63, 3.8) is 0 Å². The normalized spacial score (nSPS) is 12.5. The molecule has 6 heteroatoms. The number of nitrogens with zero attached hydrogens (tertiary/aromatic N) is 3. The maximum absolute atomic E-state index is 12.3. The van der Waals surface area contributed by atoms with Crippen LogP contribution >= 0.6 is 0 Å². The fourth-order valence-electron chi connectivity index (χ4n) is 3.10. The molecule has 26 heavy (non-hydrogen) atoms. The monoisotopic (exact) mass is 348 g/mol. The van der Waals surface area contributed by atoms with Crippen LogP contribution in [0.3, 0.4) is 0 Å². The average Bonchev–Trinajstić information content (AvgIpc) is 3.30. The summed E-state index contributed by atoms with van der Waals surface area (Å²) in [5.74, 6) is 1.73. The van der Waals surface area contributed by atoms with E-state index in [9.17, 15) is 4.79 Å². The predicted octanol–water partition coefficient (Wildman–Crippen LogP) is 2.39. The van der Waals surface area contributed by atoms with Gasteiger partial charge in [0.25, 0.3) is 5.91 Å². The zero-order valence-corrected chi connectivity index (χ0v) is 14.6. The largest absolute Gasteiger partial charge is 0.493 e. The molecular formula is C20H20N4O2. The van der Waals surface area contributed by atoms with Gasteiger partial charge in [-0.05, 0) is 34.9 Å². The summed E-state index contributed by atoms with van der Waals surface area (Å²) in [6.07, 6.45) is 3.14. The molecule has 0 atom stereocenters. The molecule has 0 saturated carbocycles. The summed E-state index contributed by atoms with van der Waals surface area (Å²) in [5.41, 5.74) is 4.07. The number of carbonyl (C=O) groups is 1. The number of amides is 1. The maximum Gasteiger partial charge on any atom is 0.251 e. The highest BCUT2D eigenvalue weighted by atomic mass is 16.5. The molecule has 0 spiro atoms. The number of aromatic nitrogens is 3. The van der Waals surface area contributed by atoms with Crippen molar-refractivity contribution in [2.24, 2.45) is 7.05 Å². The molecule has 3 aromatic rings. The molecule has 6 nitrogen and oxygen atoms in total. The summed E-state index contributed by atoms with van der Waals surface area (Å²) >= 11 is 0. The van der Waals surface area contributed by atoms with E-state index < -0.39 is 0 Å². The van der Waals surface area contributed by atoms with Crippen LogP contribution in [-0.4, -0.2) is 33.8 Å². The van der Waals surface area contributed by atoms with Gasteiger partial charge in [-0.15, -0.1) is 0 Å². The van der Waals surface area contributed by atoms with Gasteiger partial charge >= 0.3 is 0 Å². The number of benzene rings is 2. The lowest BCUT2D eigenvalue weighted by Gasteiger charge is -2.07. The van der Waals surface area contributed by atoms with Crippen LogP contribution in [0.25, 0.3) is 11.1 Å². The van der Waals surface area contributed by atoms with Gasteiger partial charge < -0.3 is 10.1 Å². The standard InChI is InChI=1S/C20H20N4O2/c1-24-19(22-13-23-24)8-10-21-20(25)16-5-2-14(3-6-16)17-7-4-15-9-11-26-18(15)12-17/h2-7,12-13H,8-11H2,1H3,(H,21,25). The third-order valence-corrected chi connectivity index (χ3v) is 4.62. The first-order valence-corrected chi connectivity index (χ1v) is 8.68. The molecule has 0 unspecified atom stereocenters. The lowest BCUT2D eigenvalue weighted by Crippen LogP contribution is -2.26. The summed E-state index contributed by atoms with van der Waals surface area (Å²) in [7, 11) is 1.84. The highest BCUT2D eigenvalue weighted by Gasteiger charge is 2.13. The highest BCUT2D eigenvalue weighted by molar-refractivity contribution is 5.94. The third kappa shape index (κ3) is 3.31. The molecule has 1 aromatic heterocycles. The lowest BCUT2D eigenvalue weighted by molar-refractivity contribution is 0.0954. The van der Waals surface area contributed by atoms with Gasteiger partial charge in [0.2, 0.25) is 0 Å². The van der Waals surface area contributed by atoms with Crippen LogP contribution in [0.5, 0.6) is 5.75 Å². The van der Waals surface area contributed by atoms with Crippen molar-refractivity contribution in [3.05, 3.63) is 65.7 Å². The van der Waals surface area contributed by atoms with E-state index in [0.717, 1.165) is 35.7 Å². The second kappa shape index (κ2) is 7.00. The number of hydrogen-bond donors (Lipinski definition) is 1. The van der Waals surface area contributed by atoms with Gasteiger partial charge in [-0.2, -0.15) is 5.10 Å². The number of rotatable bonds is 5. The molecule has 0 fully saturated rings. The molecule has 132 valence electrons. The molecule has 0 bridgehead atoms. The van der Waals surface area contributed by atoms with E-state index in [1.807, 2.05) is 31.3 Å². The SMILES string of the molecule is Cn1ncnc1CCNC(=O)c1ccc(-c2ccc3c(c2)OCC3)cc1. The number of aryl methyl sites for hydroxylation is 1. The summed E-state index contributed by atoms with van der Waals surface area (Å²) in [5, 5.41) is 6.93. The highest BCUT2D eigenvalue weighted by Crippen LogP contribution is 2.31. The van der Waals surface area contributed by atoms with E-state index in [1.54, 1.807) is 4.68 Å². The number of carbonyl (C=O) groups excluding carboxylic acids is 1. The molecule has 1 aliphatic heterocycles. The van der Waals surface area contributed by atoms with Gasteiger partial charge in [-0.3, -0.25) is 9.48 Å². The number of hydrogen-bond acceptors (Lipinski definition) is 4. The van der Waals surface area contributed by atoms with Crippen LogP contribution in [0.1, 0.15) is 21.7 Å². The predicted molar refractivity (Wildman–Crippen MR) is 98.1 cm³/mol. The molecule has 1 N–H and O–H groups in total. The Balaban J connectivity index is 1.39. The number of fused-ring (bicyclic) bond motifs is 1. The molecular weight excluding hydrogens is 328 g/mol. The Hall–Kier alpha value is -3.15. The Morgan fingerprint density at radius 2 is 2.00 bits per heavy atom. The van der Waals surface area contributed by atoms with Crippen molar-refractivity contribution in [1.82, 2.24) is 20.1 Å². The zero-order chi connectivity index (χ0) is 17.9. The van der Waals surface area contributed by atoms with Crippen LogP contribution in [-0.2, 0) is 19.9 Å². The minimum absolute atomic E-state index is 0.0870. The quantitative estimate of drug-likeness (QED) is 0.769. The van der Waals surface area contributed by atoms with Crippen LogP contribution in [0.4, 0.5) is 0 Å². The molecule has 4 rings (SSSR count). The van der Waals surface area contributed by atoms with Crippen molar-refractivity contribution in [2.75, 3.05) is 13.2 Å². The maximum atomic E-state index is 12.3. The fraction of sp³-hybridized carbons (Fsp3) is 0.250. The Kier molecular flexibility index (Phi) is 4.39. The number of nitrogens with one attached hydrogen (secondary N) is 1. The van der Waals surface area contributed by atoms with Crippen molar-refractivity contribution in [2.45, 2.75) is 12.8 Å². The van der Waals surface area contributed by atoms with E-state index in [1.165, 1.54) is 11.9 Å². The second-order valence-electron chi connectivity index (χ2n) is 6.30. The molecule has 0 aliphatic carbocycles. The van der Waals surface area contributed by atoms with Crippen molar-refractivity contribution < 1.29 is 9.53 Å². The van der Waals surface area contributed by atoms with Crippen LogP contribution < -0.4 is 10.1 Å². The minimum atomic E-state index is -0.0870. The molecule has 2 heterocycles. The van der Waals surface area contributed by atoms with Gasteiger partial charge in [0.1, 0.15) is 17.9 Å². The molecule has 2 aromatic carbocycles. The van der Waals surface area contributed by atoms with Crippen molar-refractivity contribution in [1.29, 1.82) is 0 Å². The van der Waals surface area contributed by atoms with Gasteiger partial charge in [-0.1, -0.05) is 24.3 Å². The first-order valence-electron chi connectivity index (χ1n) is 8.68. The van der Waals surface area contributed by atoms with E-state index >= 15 is 0 Å². The van der Waals surface area contributed by atoms with Gasteiger partial charge in [0.05, 0.1) is 6.61 Å². The molecule has 1 aliphatic rings. The van der Waals surface area contributed by atoms with Crippen LogP contribution in [0, 0.1) is 0 Å². The fourth-order valence-corrected chi connectivity index (χ4v) is 3.10. The molecule has 0 radical (unpaired) electrons. The van der Waals surface area contributed by atoms with E-state index in [-0.39, 0.29) is 5.91 Å². The topological polar surface area (TPSA) is 69.0 Å². The smallest absolute Gasteiger partial charge is 0.251 e. The van der Waals surface area contributed by atoms with E-state index in [2.05, 4.69) is 33.6 Å². The van der Waals surface area contributed by atoms with Gasteiger partial charge in [-0.25, -0.2) is 4.98 Å². The van der Waals surface area contributed by atoms with Crippen LogP contribution in [0.2, 0.25) is 0 Å². The van der Waals surface area contributed by atoms with Crippen LogP contribution in [0.15, 0.2) is 48.8 Å². The van der Waals surface area contributed by atoms with Gasteiger partial charge in [0.15, 0.2) is 0 Å². The molecule has 1 amide bonds. The minimum Gasteiger partial charge on any atom is -0.493 e. The summed E-state index contributed by atoms with van der Waals surface area (Å²) in [6, 6.07) is 13.9. The van der Waals surface area contributed by atoms with Crippen molar-refractivity contribution >= 4 is 5.91 Å². The Labute approximate surface area is 151 Å². The second-order valence-corrected chi connectivity index (χ2v) is 6.30. The first kappa shape index (κ1) is 16.3. The Morgan fingerprint density at radius 1 is 1.19 bits per heavy atom. The van der Waals surface area contributed by atoms with Crippen molar-refractivity contribution in [3.8, 4) is 16.9 Å². The summed E-state index contributed by atoms with van der Waals surface area (Å²) in [4.78, 5) is 16.4. The van der Waals surface area contributed by atoms with E-state index in [0.29, 0.717) is 18.5 Å². The van der Waals surface area contributed by atoms with E-state index in [4.69, 9.17) is 4.74 Å².